The number of aromatic nitrogens is 1. The third kappa shape index (κ3) is 3.06. The maximum absolute atomic E-state index is 14.0. The number of ether oxygens (including phenoxy) is 1. The maximum atomic E-state index is 14.0. The molecule has 1 aliphatic carbocycles. The number of carbonyl (C=O) groups is 1. The van der Waals surface area contributed by atoms with E-state index in [4.69, 9.17) is 4.74 Å². The van der Waals surface area contributed by atoms with Crippen molar-refractivity contribution < 1.29 is 24.1 Å². The number of rotatable bonds is 4. The molecule has 156 valence electrons. The summed E-state index contributed by atoms with van der Waals surface area (Å²) in [7, 11) is 0. The van der Waals surface area contributed by atoms with Gasteiger partial charge in [-0.25, -0.2) is 4.39 Å². The molecule has 2 fully saturated rings. The number of phenolic OH excluding ortho intramolecular Hbond substituents is 1. The van der Waals surface area contributed by atoms with E-state index in [1.807, 2.05) is 12.1 Å². The van der Waals surface area contributed by atoms with Gasteiger partial charge in [0.1, 0.15) is 11.6 Å². The molecule has 2 N–H and O–H groups in total. The van der Waals surface area contributed by atoms with Gasteiger partial charge in [-0.1, -0.05) is 0 Å². The summed E-state index contributed by atoms with van der Waals surface area (Å²) < 4.78 is 21.7. The molecular weight excluding hydrogens is 385 g/mol. The monoisotopic (exact) mass is 409 g/mol. The largest absolute Gasteiger partial charge is 0.508 e. The van der Waals surface area contributed by atoms with Gasteiger partial charge in [-0.15, -0.1) is 0 Å². The van der Waals surface area contributed by atoms with E-state index in [9.17, 15) is 19.4 Å². The van der Waals surface area contributed by atoms with Crippen molar-refractivity contribution in [2.24, 2.45) is 5.92 Å². The van der Waals surface area contributed by atoms with Gasteiger partial charge in [0, 0.05) is 41.8 Å². The molecule has 1 saturated carbocycles. The molecule has 5 nitrogen and oxygen atoms in total. The predicted molar refractivity (Wildman–Crippen MR) is 111 cm³/mol. The number of benzene rings is 2. The molecule has 1 aromatic heterocycles. The van der Waals surface area contributed by atoms with Crippen LogP contribution in [0.3, 0.4) is 0 Å². The molecule has 0 bridgehead atoms. The number of aryl methyl sites for hydroxylation is 1. The molecule has 0 spiro atoms. The van der Waals surface area contributed by atoms with Gasteiger partial charge in [0.05, 0.1) is 11.4 Å². The van der Waals surface area contributed by atoms with Crippen LogP contribution in [0.4, 0.5) is 4.39 Å². The van der Waals surface area contributed by atoms with Crippen LogP contribution < -0.4 is 0 Å². The first-order chi connectivity index (χ1) is 14.5. The van der Waals surface area contributed by atoms with Crippen molar-refractivity contribution in [2.45, 2.75) is 38.0 Å². The Morgan fingerprint density at radius 3 is 2.60 bits per heavy atom. The van der Waals surface area contributed by atoms with Crippen molar-refractivity contribution in [1.29, 1.82) is 0 Å². The van der Waals surface area contributed by atoms with Crippen molar-refractivity contribution >= 4 is 16.9 Å². The standard InChI is InChI=1S/C24H24FNO4/c1-13-10-15(2-4-20(13)25)26-21-5-3-16(27)11-19(21)22(17-12-18(17)24(28)29)23(26)14-6-8-30-9-7-14/h2-5,10-11,14,17-18,27H,6-9,12H2,1H3,(H,28,29)/t17-,18-/m1/s1. The van der Waals surface area contributed by atoms with E-state index in [1.165, 1.54) is 6.07 Å². The lowest BCUT2D eigenvalue weighted by atomic mass is 9.90. The first-order valence-corrected chi connectivity index (χ1v) is 10.4. The van der Waals surface area contributed by atoms with E-state index in [0.717, 1.165) is 40.7 Å². The Kier molecular flexibility index (Phi) is 4.54. The van der Waals surface area contributed by atoms with Gasteiger partial charge in [-0.05, 0) is 73.7 Å². The van der Waals surface area contributed by atoms with Crippen molar-refractivity contribution in [1.82, 2.24) is 4.57 Å². The molecule has 3 aromatic rings. The fourth-order valence-corrected chi connectivity index (χ4v) is 4.92. The molecule has 2 aliphatic rings. The van der Waals surface area contributed by atoms with Crippen molar-refractivity contribution in [2.75, 3.05) is 13.2 Å². The number of aromatic hydroxyl groups is 1. The zero-order valence-corrected chi connectivity index (χ0v) is 16.8. The summed E-state index contributed by atoms with van der Waals surface area (Å²) in [5.41, 5.74) is 4.42. The van der Waals surface area contributed by atoms with Crippen LogP contribution in [0.1, 0.15) is 47.9 Å². The van der Waals surface area contributed by atoms with E-state index < -0.39 is 11.9 Å². The Morgan fingerprint density at radius 2 is 1.93 bits per heavy atom. The topological polar surface area (TPSA) is 71.7 Å². The molecule has 1 saturated heterocycles. The van der Waals surface area contributed by atoms with Gasteiger partial charge in [0.15, 0.2) is 0 Å². The second kappa shape index (κ2) is 7.13. The summed E-state index contributed by atoms with van der Waals surface area (Å²) in [6.07, 6.45) is 2.29. The number of halogens is 1. The molecule has 30 heavy (non-hydrogen) atoms. The second-order valence-electron chi connectivity index (χ2n) is 8.44. The van der Waals surface area contributed by atoms with E-state index in [0.29, 0.717) is 25.2 Å². The number of hydrogen-bond acceptors (Lipinski definition) is 3. The summed E-state index contributed by atoms with van der Waals surface area (Å²) in [6.45, 7) is 3.06. The molecule has 0 radical (unpaired) electrons. The first-order valence-electron chi connectivity index (χ1n) is 10.4. The molecule has 6 heteroatoms. The van der Waals surface area contributed by atoms with Crippen LogP contribution in [0.25, 0.3) is 16.6 Å². The van der Waals surface area contributed by atoms with Gasteiger partial charge in [-0.3, -0.25) is 4.79 Å². The minimum Gasteiger partial charge on any atom is -0.508 e. The van der Waals surface area contributed by atoms with E-state index in [1.54, 1.807) is 25.1 Å². The van der Waals surface area contributed by atoms with Gasteiger partial charge in [0.2, 0.25) is 0 Å². The maximum Gasteiger partial charge on any atom is 0.307 e. The Morgan fingerprint density at radius 1 is 1.17 bits per heavy atom. The van der Waals surface area contributed by atoms with Crippen LogP contribution >= 0.6 is 0 Å². The highest BCUT2D eigenvalue weighted by Gasteiger charge is 2.48. The van der Waals surface area contributed by atoms with Crippen molar-refractivity contribution in [3.8, 4) is 11.4 Å². The number of hydrogen-bond donors (Lipinski definition) is 2. The van der Waals surface area contributed by atoms with Crippen LogP contribution in [0.5, 0.6) is 5.75 Å². The average molecular weight is 409 g/mol. The number of carboxylic acids is 1. The average Bonchev–Trinajstić information content (AvgIpc) is 3.46. The van der Waals surface area contributed by atoms with E-state index in [2.05, 4.69) is 4.57 Å². The quantitative estimate of drug-likeness (QED) is 0.645. The zero-order chi connectivity index (χ0) is 21.0. The van der Waals surface area contributed by atoms with Crippen molar-refractivity contribution in [3.05, 3.63) is 59.0 Å². The smallest absolute Gasteiger partial charge is 0.307 e. The third-order valence-corrected chi connectivity index (χ3v) is 6.51. The number of aliphatic carboxylic acids is 1. The summed E-state index contributed by atoms with van der Waals surface area (Å²) in [5, 5.41) is 20.7. The Balaban J connectivity index is 1.81. The lowest BCUT2D eigenvalue weighted by Crippen LogP contribution is -2.18. The molecule has 2 heterocycles. The number of phenols is 1. The molecule has 2 atom stereocenters. The molecular formula is C24H24FNO4. The van der Waals surface area contributed by atoms with Gasteiger partial charge >= 0.3 is 5.97 Å². The van der Waals surface area contributed by atoms with Crippen LogP contribution in [-0.2, 0) is 9.53 Å². The lowest BCUT2D eigenvalue weighted by Gasteiger charge is -2.26. The minimum atomic E-state index is -0.781. The van der Waals surface area contributed by atoms with Gasteiger partial charge < -0.3 is 19.5 Å². The van der Waals surface area contributed by atoms with Crippen LogP contribution in [0.2, 0.25) is 0 Å². The highest BCUT2D eigenvalue weighted by molar-refractivity contribution is 5.91. The summed E-state index contributed by atoms with van der Waals surface area (Å²) in [6, 6.07) is 10.3. The van der Waals surface area contributed by atoms with E-state index in [-0.39, 0.29) is 23.4 Å². The highest BCUT2D eigenvalue weighted by Crippen LogP contribution is 2.54. The second-order valence-corrected chi connectivity index (χ2v) is 8.44. The molecule has 5 rings (SSSR count). The summed E-state index contributed by atoms with van der Waals surface area (Å²) >= 11 is 0. The Bertz CT molecular complexity index is 1150. The van der Waals surface area contributed by atoms with Crippen LogP contribution in [0.15, 0.2) is 36.4 Å². The molecule has 2 aromatic carbocycles. The number of carboxylic acid groups (broad SMARTS) is 1. The van der Waals surface area contributed by atoms with Gasteiger partial charge in [0.25, 0.3) is 0 Å². The number of fused-ring (bicyclic) bond motifs is 1. The fourth-order valence-electron chi connectivity index (χ4n) is 4.92. The highest BCUT2D eigenvalue weighted by atomic mass is 19.1. The predicted octanol–water partition coefficient (Wildman–Crippen LogP) is 4.87. The first kappa shape index (κ1) is 19.1. The lowest BCUT2D eigenvalue weighted by molar-refractivity contribution is -0.138. The molecule has 0 amide bonds. The van der Waals surface area contributed by atoms with Crippen molar-refractivity contribution in [3.63, 3.8) is 0 Å². The SMILES string of the molecule is Cc1cc(-n2c(C3CCOCC3)c([C@@H]3C[C@H]3C(=O)O)c3cc(O)ccc32)ccc1F. The van der Waals surface area contributed by atoms with Crippen LogP contribution in [0, 0.1) is 18.7 Å². The number of nitrogens with zero attached hydrogens (tertiary/aromatic N) is 1. The van der Waals surface area contributed by atoms with Gasteiger partial charge in [-0.2, -0.15) is 0 Å². The molecule has 1 aliphatic heterocycles. The Hall–Kier alpha value is -2.86. The minimum absolute atomic E-state index is 0.0764. The summed E-state index contributed by atoms with van der Waals surface area (Å²) in [5.74, 6) is -1.15. The molecule has 0 unspecified atom stereocenters. The zero-order valence-electron chi connectivity index (χ0n) is 16.8. The Labute approximate surface area is 173 Å². The summed E-state index contributed by atoms with van der Waals surface area (Å²) in [4.78, 5) is 11.7. The third-order valence-electron chi connectivity index (χ3n) is 6.51. The normalized spacial score (nSPS) is 21.8. The van der Waals surface area contributed by atoms with E-state index >= 15 is 0 Å². The van der Waals surface area contributed by atoms with Crippen LogP contribution in [-0.4, -0.2) is 34.0 Å². The fraction of sp³-hybridized carbons (Fsp3) is 0.375.